The molecule has 2 aliphatic heterocycles. The Morgan fingerprint density at radius 2 is 2.11 bits per heavy atom. The van der Waals surface area contributed by atoms with E-state index in [1.807, 2.05) is 25.7 Å². The molecule has 0 amide bonds. The number of fused-ring (bicyclic) bond motifs is 3. The molecule has 2 saturated heterocycles. The number of carboxylic acids is 1. The molecule has 2 N–H and O–H groups in total. The van der Waals surface area contributed by atoms with Gasteiger partial charge in [0.2, 0.25) is 5.43 Å². The topological polar surface area (TPSA) is 87.5 Å². The van der Waals surface area contributed by atoms with Gasteiger partial charge in [-0.2, -0.15) is 0 Å². The zero-order chi connectivity index (χ0) is 19.7. The van der Waals surface area contributed by atoms with Crippen molar-refractivity contribution in [1.29, 1.82) is 0 Å². The average molecular weight is 374 g/mol. The zero-order valence-corrected chi connectivity index (χ0v) is 15.8. The van der Waals surface area contributed by atoms with E-state index in [0.717, 1.165) is 13.0 Å². The van der Waals surface area contributed by atoms with Crippen molar-refractivity contribution in [2.75, 3.05) is 18.0 Å². The van der Waals surface area contributed by atoms with E-state index in [-0.39, 0.29) is 28.4 Å². The van der Waals surface area contributed by atoms with Gasteiger partial charge in [0.25, 0.3) is 0 Å². The molecule has 2 fully saturated rings. The van der Waals surface area contributed by atoms with Crippen LogP contribution >= 0.6 is 0 Å². The number of aryl methyl sites for hydroxylation is 1. The van der Waals surface area contributed by atoms with Crippen LogP contribution in [0.1, 0.15) is 43.1 Å². The number of piperazine rings is 1. The highest BCUT2D eigenvalue weighted by atomic mass is 19.1. The van der Waals surface area contributed by atoms with Gasteiger partial charge in [0.1, 0.15) is 11.2 Å². The summed E-state index contributed by atoms with van der Waals surface area (Å²) in [4.78, 5) is 30.8. The number of anilines is 1. The van der Waals surface area contributed by atoms with E-state index in [1.54, 1.807) is 4.57 Å². The van der Waals surface area contributed by atoms with E-state index in [0.29, 0.717) is 18.2 Å². The van der Waals surface area contributed by atoms with Gasteiger partial charge >= 0.3 is 5.97 Å². The number of carbonyl (C=O) groups is 1. The molecule has 27 heavy (non-hydrogen) atoms. The summed E-state index contributed by atoms with van der Waals surface area (Å²) in [6, 6.07) is 0.508. The summed E-state index contributed by atoms with van der Waals surface area (Å²) in [5, 5.41) is 12.8. The fourth-order valence-electron chi connectivity index (χ4n) is 4.15. The third kappa shape index (κ3) is 2.62. The monoisotopic (exact) mass is 374 g/mol. The minimum atomic E-state index is -1.33. The van der Waals surface area contributed by atoms with Crippen molar-refractivity contribution in [3.05, 3.63) is 33.4 Å². The maximum atomic E-state index is 15.2. The molecule has 144 valence electrons. The first-order chi connectivity index (χ1) is 12.6. The summed E-state index contributed by atoms with van der Waals surface area (Å²) in [6.07, 6.45) is 2.26. The van der Waals surface area contributed by atoms with Gasteiger partial charge in [0.15, 0.2) is 11.6 Å². The van der Waals surface area contributed by atoms with Crippen molar-refractivity contribution in [3.8, 4) is 0 Å². The second-order valence-electron chi connectivity index (χ2n) is 8.44. The van der Waals surface area contributed by atoms with Crippen LogP contribution in [-0.4, -0.2) is 45.8 Å². The molecule has 0 aliphatic carbocycles. The van der Waals surface area contributed by atoms with Crippen molar-refractivity contribution >= 4 is 22.8 Å². The normalized spacial score (nSPS) is 22.0. The van der Waals surface area contributed by atoms with Crippen molar-refractivity contribution in [3.63, 3.8) is 0 Å². The quantitative estimate of drug-likeness (QED) is 0.834. The predicted octanol–water partition coefficient (Wildman–Crippen LogP) is 1.85. The number of aromatic carboxylic acids is 1. The summed E-state index contributed by atoms with van der Waals surface area (Å²) in [7, 11) is 0. The van der Waals surface area contributed by atoms with Gasteiger partial charge in [-0.3, -0.25) is 4.79 Å². The number of hydrogen-bond donors (Lipinski definition) is 2. The standard InChI is InChI=1S/C19H23FN4O3/c1-9-13-15(25)12(18(26)27)8-24(19(2,3)4)16(13)22-17(14(9)20)23-7-10-5-11(23)6-21-10/h8,10-11,21H,5-7H2,1-4H3,(H,26,27). The average Bonchev–Trinajstić information content (AvgIpc) is 3.19. The van der Waals surface area contributed by atoms with Crippen LogP contribution in [0, 0.1) is 12.7 Å². The Balaban J connectivity index is 2.05. The molecule has 2 aromatic rings. The number of pyridine rings is 2. The third-order valence-corrected chi connectivity index (χ3v) is 5.58. The van der Waals surface area contributed by atoms with Crippen LogP contribution in [0.5, 0.6) is 0 Å². The molecule has 4 heterocycles. The Morgan fingerprint density at radius 3 is 2.63 bits per heavy atom. The minimum absolute atomic E-state index is 0.0357. The second-order valence-corrected chi connectivity index (χ2v) is 8.44. The van der Waals surface area contributed by atoms with Gasteiger partial charge in [-0.05, 0) is 34.1 Å². The van der Waals surface area contributed by atoms with Gasteiger partial charge in [-0.25, -0.2) is 14.2 Å². The van der Waals surface area contributed by atoms with Crippen molar-refractivity contribution < 1.29 is 14.3 Å². The molecule has 2 unspecified atom stereocenters. The Bertz CT molecular complexity index is 1020. The smallest absolute Gasteiger partial charge is 0.341 e. The number of carboxylic acid groups (broad SMARTS) is 1. The van der Waals surface area contributed by atoms with Crippen molar-refractivity contribution in [2.24, 2.45) is 0 Å². The molecule has 0 radical (unpaired) electrons. The van der Waals surface area contributed by atoms with E-state index in [2.05, 4.69) is 10.3 Å². The molecule has 8 heteroatoms. The van der Waals surface area contributed by atoms with Crippen molar-refractivity contribution in [2.45, 2.75) is 51.7 Å². The highest BCUT2D eigenvalue weighted by molar-refractivity contribution is 5.93. The highest BCUT2D eigenvalue weighted by Gasteiger charge is 2.40. The van der Waals surface area contributed by atoms with Gasteiger partial charge in [0, 0.05) is 42.5 Å². The summed E-state index contributed by atoms with van der Waals surface area (Å²) < 4.78 is 16.9. The summed E-state index contributed by atoms with van der Waals surface area (Å²) in [6.45, 7) is 8.66. The van der Waals surface area contributed by atoms with E-state index >= 15 is 4.39 Å². The molecule has 2 atom stereocenters. The molecule has 2 bridgehead atoms. The van der Waals surface area contributed by atoms with Crippen LogP contribution < -0.4 is 15.6 Å². The fraction of sp³-hybridized carbons (Fsp3) is 0.526. The lowest BCUT2D eigenvalue weighted by Crippen LogP contribution is -2.44. The van der Waals surface area contributed by atoms with E-state index in [1.165, 1.54) is 13.1 Å². The lowest BCUT2D eigenvalue weighted by Gasteiger charge is -2.31. The SMILES string of the molecule is Cc1c(F)c(N2CC3CC2CN3)nc2c1c(=O)c(C(=O)O)cn2C(C)(C)C. The van der Waals surface area contributed by atoms with Crippen molar-refractivity contribution in [1.82, 2.24) is 14.9 Å². The molecule has 0 saturated carbocycles. The van der Waals surface area contributed by atoms with Crippen LogP contribution in [-0.2, 0) is 5.54 Å². The first-order valence-electron chi connectivity index (χ1n) is 9.09. The highest BCUT2D eigenvalue weighted by Crippen LogP contribution is 2.34. The van der Waals surface area contributed by atoms with Gasteiger partial charge in [0.05, 0.1) is 5.39 Å². The van der Waals surface area contributed by atoms with Crippen LogP contribution in [0.4, 0.5) is 10.2 Å². The second kappa shape index (κ2) is 5.76. The first kappa shape index (κ1) is 17.9. The predicted molar refractivity (Wildman–Crippen MR) is 100 cm³/mol. The number of rotatable bonds is 2. The van der Waals surface area contributed by atoms with Crippen LogP contribution in [0.25, 0.3) is 11.0 Å². The number of halogens is 1. The third-order valence-electron chi connectivity index (χ3n) is 5.58. The van der Waals surface area contributed by atoms with Crippen LogP contribution in [0.3, 0.4) is 0 Å². The molecule has 2 aliphatic rings. The molecule has 0 aromatic carbocycles. The summed E-state index contributed by atoms with van der Waals surface area (Å²) in [5.41, 5.74) is -1.13. The maximum absolute atomic E-state index is 15.2. The Kier molecular flexibility index (Phi) is 3.82. The lowest BCUT2D eigenvalue weighted by molar-refractivity contribution is 0.0694. The number of nitrogens with zero attached hydrogens (tertiary/aromatic N) is 3. The molecule has 0 spiro atoms. The molecular formula is C19H23FN4O3. The lowest BCUT2D eigenvalue weighted by atomic mass is 10.0. The molecular weight excluding hydrogens is 351 g/mol. The number of hydrogen-bond acceptors (Lipinski definition) is 5. The van der Waals surface area contributed by atoms with E-state index in [9.17, 15) is 14.7 Å². The minimum Gasteiger partial charge on any atom is -0.477 e. The van der Waals surface area contributed by atoms with Gasteiger partial charge in [-0.1, -0.05) is 0 Å². The van der Waals surface area contributed by atoms with Gasteiger partial charge < -0.3 is 19.9 Å². The Morgan fingerprint density at radius 1 is 1.41 bits per heavy atom. The Hall–Kier alpha value is -2.48. The molecule has 4 rings (SSSR count). The summed E-state index contributed by atoms with van der Waals surface area (Å²) in [5.74, 6) is -1.63. The summed E-state index contributed by atoms with van der Waals surface area (Å²) >= 11 is 0. The molecule has 2 aromatic heterocycles. The first-order valence-corrected chi connectivity index (χ1v) is 9.09. The van der Waals surface area contributed by atoms with Crippen LogP contribution in [0.15, 0.2) is 11.0 Å². The number of nitrogens with one attached hydrogen (secondary N) is 1. The zero-order valence-electron chi connectivity index (χ0n) is 15.8. The van der Waals surface area contributed by atoms with Gasteiger partial charge in [-0.15, -0.1) is 0 Å². The van der Waals surface area contributed by atoms with E-state index < -0.39 is 22.8 Å². The largest absolute Gasteiger partial charge is 0.477 e. The van der Waals surface area contributed by atoms with E-state index in [4.69, 9.17) is 0 Å². The number of aromatic nitrogens is 2. The molecule has 7 nitrogen and oxygen atoms in total. The fourth-order valence-corrected chi connectivity index (χ4v) is 4.15. The maximum Gasteiger partial charge on any atom is 0.341 e. The Labute approximate surface area is 155 Å². The van der Waals surface area contributed by atoms with Crippen LogP contribution in [0.2, 0.25) is 0 Å².